The molecule has 0 saturated heterocycles. The number of fused-ring (bicyclic) bond motifs is 1. The van der Waals surface area contributed by atoms with Crippen molar-refractivity contribution in [3.05, 3.63) is 70.8 Å². The van der Waals surface area contributed by atoms with Crippen molar-refractivity contribution >= 4 is 22.4 Å². The minimum atomic E-state index is -0.533. The van der Waals surface area contributed by atoms with Crippen molar-refractivity contribution in [2.75, 3.05) is 0 Å². The smallest absolute Gasteiger partial charge is 0.142 e. The predicted octanol–water partition coefficient (Wildman–Crippen LogP) is 9.29. The molecule has 0 nitrogen and oxygen atoms in total. The molecule has 0 spiro atoms. The van der Waals surface area contributed by atoms with Gasteiger partial charge in [-0.2, -0.15) is 0 Å². The maximum absolute atomic E-state index is 15.2. The van der Waals surface area contributed by atoms with Crippen molar-refractivity contribution in [3.63, 3.8) is 0 Å². The molecule has 3 heteroatoms. The Morgan fingerprint density at radius 2 is 1.70 bits per heavy atom. The molecule has 1 aliphatic carbocycles. The van der Waals surface area contributed by atoms with Crippen molar-refractivity contribution in [1.29, 1.82) is 0 Å². The summed E-state index contributed by atoms with van der Waals surface area (Å²) >= 11 is 5.77. The highest BCUT2D eigenvalue weighted by atomic mass is 35.5. The number of benzene rings is 3. The van der Waals surface area contributed by atoms with E-state index in [-0.39, 0.29) is 10.8 Å². The number of rotatable bonds is 6. The van der Waals surface area contributed by atoms with Crippen molar-refractivity contribution in [2.45, 2.75) is 64.2 Å². The van der Waals surface area contributed by atoms with Crippen LogP contribution in [0.3, 0.4) is 0 Å². The van der Waals surface area contributed by atoms with Gasteiger partial charge < -0.3 is 0 Å². The van der Waals surface area contributed by atoms with Gasteiger partial charge in [-0.05, 0) is 66.2 Å². The highest BCUT2D eigenvalue weighted by Gasteiger charge is 2.22. The minimum absolute atomic E-state index is 0.0460. The molecule has 1 fully saturated rings. The average molecular weight is 427 g/mol. The number of hydrogen-bond acceptors (Lipinski definition) is 0. The average Bonchev–Trinajstić information content (AvgIpc) is 2.76. The van der Waals surface area contributed by atoms with Gasteiger partial charge in [-0.3, -0.25) is 0 Å². The van der Waals surface area contributed by atoms with Gasteiger partial charge in [0.1, 0.15) is 11.6 Å². The third-order valence-corrected chi connectivity index (χ3v) is 7.05. The van der Waals surface area contributed by atoms with Gasteiger partial charge in [-0.25, -0.2) is 8.78 Å². The zero-order chi connectivity index (χ0) is 21.1. The Labute approximate surface area is 183 Å². The Kier molecular flexibility index (Phi) is 6.73. The molecule has 3 aromatic rings. The number of unbranched alkanes of at least 4 members (excludes halogenated alkanes) is 2. The molecule has 0 heterocycles. The standard InChI is InChI=1S/C27H29ClF2/c1-2-3-4-5-18-6-8-19(9-7-18)20-10-13-23-21(16-20)11-14-24(27(23)30)22-12-15-25(28)26(29)17-22/h10-19H,2-9H2,1H3/t18-,19-. The molecule has 1 aliphatic rings. The van der Waals surface area contributed by atoms with Crippen molar-refractivity contribution < 1.29 is 8.78 Å². The predicted molar refractivity (Wildman–Crippen MR) is 123 cm³/mol. The largest absolute Gasteiger partial charge is 0.206 e. The highest BCUT2D eigenvalue weighted by Crippen LogP contribution is 2.39. The van der Waals surface area contributed by atoms with E-state index in [4.69, 9.17) is 11.6 Å². The van der Waals surface area contributed by atoms with Gasteiger partial charge in [0.05, 0.1) is 5.02 Å². The quantitative estimate of drug-likeness (QED) is 0.344. The maximum Gasteiger partial charge on any atom is 0.142 e. The second-order valence-electron chi connectivity index (χ2n) is 8.75. The highest BCUT2D eigenvalue weighted by molar-refractivity contribution is 6.30. The van der Waals surface area contributed by atoms with E-state index in [9.17, 15) is 4.39 Å². The lowest BCUT2D eigenvalue weighted by Crippen LogP contribution is -2.13. The summed E-state index contributed by atoms with van der Waals surface area (Å²) in [5.41, 5.74) is 2.22. The van der Waals surface area contributed by atoms with Gasteiger partial charge in [0.15, 0.2) is 0 Å². The Hall–Kier alpha value is -1.93. The van der Waals surface area contributed by atoms with Crippen LogP contribution in [0, 0.1) is 17.6 Å². The van der Waals surface area contributed by atoms with E-state index in [0.717, 1.165) is 11.3 Å². The fraction of sp³-hybridized carbons (Fsp3) is 0.407. The van der Waals surface area contributed by atoms with Gasteiger partial charge in [0.2, 0.25) is 0 Å². The van der Waals surface area contributed by atoms with Crippen LogP contribution in [0.4, 0.5) is 8.78 Å². The summed E-state index contributed by atoms with van der Waals surface area (Å²) in [7, 11) is 0. The van der Waals surface area contributed by atoms with E-state index in [0.29, 0.717) is 22.4 Å². The molecule has 1 saturated carbocycles. The molecule has 0 unspecified atom stereocenters. The van der Waals surface area contributed by atoms with Crippen LogP contribution in [0.5, 0.6) is 0 Å². The normalized spacial score (nSPS) is 19.3. The molecule has 0 aliphatic heterocycles. The van der Waals surface area contributed by atoms with Crippen LogP contribution >= 0.6 is 11.6 Å². The molecule has 30 heavy (non-hydrogen) atoms. The molecule has 3 aromatic carbocycles. The molecular weight excluding hydrogens is 398 g/mol. The van der Waals surface area contributed by atoms with Crippen molar-refractivity contribution in [2.24, 2.45) is 5.92 Å². The minimum Gasteiger partial charge on any atom is -0.206 e. The van der Waals surface area contributed by atoms with E-state index < -0.39 is 5.82 Å². The molecule has 0 atom stereocenters. The Balaban J connectivity index is 1.52. The lowest BCUT2D eigenvalue weighted by molar-refractivity contribution is 0.303. The van der Waals surface area contributed by atoms with Gasteiger partial charge in [0.25, 0.3) is 0 Å². The summed E-state index contributed by atoms with van der Waals surface area (Å²) < 4.78 is 29.0. The van der Waals surface area contributed by atoms with Crippen LogP contribution in [-0.4, -0.2) is 0 Å². The Morgan fingerprint density at radius 3 is 2.43 bits per heavy atom. The lowest BCUT2D eigenvalue weighted by atomic mass is 9.76. The van der Waals surface area contributed by atoms with Crippen molar-refractivity contribution in [3.8, 4) is 11.1 Å². The first-order valence-corrected chi connectivity index (χ1v) is 11.6. The third-order valence-electron chi connectivity index (χ3n) is 6.74. The molecular formula is C27H29ClF2. The Bertz CT molecular complexity index is 1020. The number of halogens is 3. The van der Waals surface area contributed by atoms with Gasteiger partial charge in [-0.15, -0.1) is 0 Å². The third kappa shape index (κ3) is 4.54. The Morgan fingerprint density at radius 1 is 0.900 bits per heavy atom. The summed E-state index contributed by atoms with van der Waals surface area (Å²) in [4.78, 5) is 0. The van der Waals surface area contributed by atoms with Crippen LogP contribution in [0.15, 0.2) is 48.5 Å². The van der Waals surface area contributed by atoms with Gasteiger partial charge in [0, 0.05) is 10.9 Å². The summed E-state index contributed by atoms with van der Waals surface area (Å²) in [6.45, 7) is 2.26. The number of hydrogen-bond donors (Lipinski definition) is 0. The van der Waals surface area contributed by atoms with E-state index in [1.165, 1.54) is 69.1 Å². The first kappa shape index (κ1) is 21.3. The maximum atomic E-state index is 15.2. The van der Waals surface area contributed by atoms with Crippen LogP contribution in [-0.2, 0) is 0 Å². The molecule has 0 aromatic heterocycles. The zero-order valence-electron chi connectivity index (χ0n) is 17.6. The first-order valence-electron chi connectivity index (χ1n) is 11.2. The fourth-order valence-corrected chi connectivity index (χ4v) is 5.04. The van der Waals surface area contributed by atoms with Crippen LogP contribution < -0.4 is 0 Å². The van der Waals surface area contributed by atoms with E-state index in [1.54, 1.807) is 12.1 Å². The molecule has 0 N–H and O–H groups in total. The van der Waals surface area contributed by atoms with E-state index >= 15 is 4.39 Å². The topological polar surface area (TPSA) is 0 Å². The van der Waals surface area contributed by atoms with Gasteiger partial charge in [-0.1, -0.05) is 80.6 Å². The molecule has 158 valence electrons. The SMILES string of the molecule is CCCCC[C@H]1CC[C@H](c2ccc3c(F)c(-c4ccc(Cl)c(F)c4)ccc3c2)CC1. The van der Waals surface area contributed by atoms with E-state index in [1.807, 2.05) is 12.1 Å². The summed E-state index contributed by atoms with van der Waals surface area (Å²) in [5.74, 6) is 0.618. The fourth-order valence-electron chi connectivity index (χ4n) is 4.92. The summed E-state index contributed by atoms with van der Waals surface area (Å²) in [6.07, 6.45) is 10.4. The van der Waals surface area contributed by atoms with Crippen molar-refractivity contribution in [1.82, 2.24) is 0 Å². The molecule has 0 bridgehead atoms. The monoisotopic (exact) mass is 426 g/mol. The van der Waals surface area contributed by atoms with Gasteiger partial charge >= 0.3 is 0 Å². The molecule has 0 radical (unpaired) electrons. The lowest BCUT2D eigenvalue weighted by Gasteiger charge is -2.29. The van der Waals surface area contributed by atoms with Crippen LogP contribution in [0.25, 0.3) is 21.9 Å². The second-order valence-corrected chi connectivity index (χ2v) is 9.16. The zero-order valence-corrected chi connectivity index (χ0v) is 18.3. The van der Waals surface area contributed by atoms with Crippen LogP contribution in [0.1, 0.15) is 69.8 Å². The molecule has 0 amide bonds. The molecule has 4 rings (SSSR count). The van der Waals surface area contributed by atoms with Crippen LogP contribution in [0.2, 0.25) is 5.02 Å². The second kappa shape index (κ2) is 9.47. The first-order chi connectivity index (χ1) is 14.6. The summed E-state index contributed by atoms with van der Waals surface area (Å²) in [6, 6.07) is 14.2. The summed E-state index contributed by atoms with van der Waals surface area (Å²) in [5, 5.41) is 1.54. The van der Waals surface area contributed by atoms with E-state index in [2.05, 4.69) is 19.1 Å².